The lowest BCUT2D eigenvalue weighted by Crippen LogP contribution is -2.46. The first-order chi connectivity index (χ1) is 10.3. The third-order valence-electron chi connectivity index (χ3n) is 3.88. The number of hydrogen-bond acceptors (Lipinski definition) is 7. The molecule has 1 aliphatic heterocycles. The molecule has 3 heterocycles. The maximum absolute atomic E-state index is 4.40. The topological polar surface area (TPSA) is 58.0 Å². The van der Waals surface area contributed by atoms with Gasteiger partial charge in [-0.2, -0.15) is 0 Å². The van der Waals surface area contributed by atoms with Gasteiger partial charge >= 0.3 is 0 Å². The Hall–Kier alpha value is -1.60. The van der Waals surface area contributed by atoms with Gasteiger partial charge in [-0.3, -0.25) is 4.90 Å². The van der Waals surface area contributed by atoms with Crippen molar-refractivity contribution in [2.24, 2.45) is 0 Å². The minimum Gasteiger partial charge on any atom is -0.354 e. The second-order valence-electron chi connectivity index (χ2n) is 5.27. The Morgan fingerprint density at radius 3 is 2.67 bits per heavy atom. The molecular weight excluding hydrogens is 284 g/mol. The first-order valence-corrected chi connectivity index (χ1v) is 8.09. The predicted octanol–water partition coefficient (Wildman–Crippen LogP) is 1.52. The fourth-order valence-corrected chi connectivity index (χ4v) is 3.16. The summed E-state index contributed by atoms with van der Waals surface area (Å²) in [5.74, 6) is 1.05. The lowest BCUT2D eigenvalue weighted by molar-refractivity contribution is 0.251. The minimum absolute atomic E-state index is 0.952. The molecule has 0 aromatic carbocycles. The number of hydrogen-bond donors (Lipinski definition) is 0. The van der Waals surface area contributed by atoms with Gasteiger partial charge in [-0.1, -0.05) is 11.4 Å². The SMILES string of the molecule is CCc1cc(N2CCN(Cc3snnc3C)CC2)ncn1. The Labute approximate surface area is 129 Å². The number of nitrogens with zero attached hydrogens (tertiary/aromatic N) is 6. The molecule has 2 aromatic heterocycles. The average Bonchev–Trinajstić information content (AvgIpc) is 2.93. The molecule has 2 aromatic rings. The molecule has 0 bridgehead atoms. The summed E-state index contributed by atoms with van der Waals surface area (Å²) in [4.78, 5) is 14.7. The van der Waals surface area contributed by atoms with E-state index in [1.165, 1.54) is 16.4 Å². The number of anilines is 1. The quantitative estimate of drug-likeness (QED) is 0.853. The number of piperazine rings is 1. The molecule has 1 fully saturated rings. The zero-order chi connectivity index (χ0) is 14.7. The summed E-state index contributed by atoms with van der Waals surface area (Å²) in [5.41, 5.74) is 2.17. The molecule has 0 saturated carbocycles. The number of rotatable bonds is 4. The van der Waals surface area contributed by atoms with Gasteiger partial charge in [-0.05, 0) is 24.9 Å². The standard InChI is InChI=1S/C14H20N6S/c1-3-12-8-14(16-10-15-12)20-6-4-19(5-7-20)9-13-11(2)17-18-21-13/h8,10H,3-7,9H2,1-2H3. The summed E-state index contributed by atoms with van der Waals surface area (Å²) in [6, 6.07) is 2.10. The van der Waals surface area contributed by atoms with E-state index in [9.17, 15) is 0 Å². The molecule has 1 aliphatic rings. The van der Waals surface area contributed by atoms with Crippen molar-refractivity contribution in [2.45, 2.75) is 26.8 Å². The Bertz CT molecular complexity index is 591. The van der Waals surface area contributed by atoms with Crippen molar-refractivity contribution in [1.82, 2.24) is 24.5 Å². The van der Waals surface area contributed by atoms with Crippen LogP contribution in [-0.4, -0.2) is 50.6 Å². The van der Waals surface area contributed by atoms with E-state index in [2.05, 4.69) is 42.3 Å². The highest BCUT2D eigenvalue weighted by atomic mass is 32.1. The summed E-state index contributed by atoms with van der Waals surface area (Å²) in [6.07, 6.45) is 2.63. The molecule has 3 rings (SSSR count). The van der Waals surface area contributed by atoms with Crippen LogP contribution in [0.5, 0.6) is 0 Å². The van der Waals surface area contributed by atoms with E-state index in [1.54, 1.807) is 6.33 Å². The van der Waals surface area contributed by atoms with E-state index >= 15 is 0 Å². The van der Waals surface area contributed by atoms with Gasteiger partial charge in [-0.15, -0.1) is 5.10 Å². The van der Waals surface area contributed by atoms with E-state index in [1.807, 2.05) is 6.92 Å². The van der Waals surface area contributed by atoms with Crippen molar-refractivity contribution in [3.8, 4) is 0 Å². The van der Waals surface area contributed by atoms with Crippen LogP contribution in [0.2, 0.25) is 0 Å². The van der Waals surface area contributed by atoms with Gasteiger partial charge in [-0.25, -0.2) is 9.97 Å². The molecule has 21 heavy (non-hydrogen) atoms. The first kappa shape index (κ1) is 14.3. The van der Waals surface area contributed by atoms with Crippen LogP contribution >= 0.6 is 11.5 Å². The molecule has 0 N–H and O–H groups in total. The second kappa shape index (κ2) is 6.44. The molecule has 1 saturated heterocycles. The van der Waals surface area contributed by atoms with Gasteiger partial charge in [0.25, 0.3) is 0 Å². The van der Waals surface area contributed by atoms with Crippen molar-refractivity contribution < 1.29 is 0 Å². The molecule has 0 atom stereocenters. The molecule has 112 valence electrons. The van der Waals surface area contributed by atoms with Crippen LogP contribution in [0.1, 0.15) is 23.2 Å². The van der Waals surface area contributed by atoms with E-state index in [4.69, 9.17) is 0 Å². The molecule has 7 heteroatoms. The van der Waals surface area contributed by atoms with E-state index in [0.717, 1.165) is 56.4 Å². The maximum Gasteiger partial charge on any atom is 0.132 e. The van der Waals surface area contributed by atoms with Crippen LogP contribution in [0.4, 0.5) is 5.82 Å². The van der Waals surface area contributed by atoms with Crippen LogP contribution < -0.4 is 4.90 Å². The summed E-state index contributed by atoms with van der Waals surface area (Å²) < 4.78 is 4.01. The zero-order valence-electron chi connectivity index (χ0n) is 12.5. The molecule has 6 nitrogen and oxygen atoms in total. The number of aryl methyl sites for hydroxylation is 2. The normalized spacial score (nSPS) is 16.4. The molecule has 0 unspecified atom stereocenters. The Kier molecular flexibility index (Phi) is 4.40. The van der Waals surface area contributed by atoms with Gasteiger partial charge in [0.2, 0.25) is 0 Å². The van der Waals surface area contributed by atoms with Gasteiger partial charge in [0.05, 0.1) is 10.6 Å². The van der Waals surface area contributed by atoms with Crippen LogP contribution in [0, 0.1) is 6.92 Å². The first-order valence-electron chi connectivity index (χ1n) is 7.32. The average molecular weight is 304 g/mol. The lowest BCUT2D eigenvalue weighted by Gasteiger charge is -2.35. The summed E-state index contributed by atoms with van der Waals surface area (Å²) in [7, 11) is 0. The highest BCUT2D eigenvalue weighted by molar-refractivity contribution is 7.05. The summed E-state index contributed by atoms with van der Waals surface area (Å²) in [6.45, 7) is 9.21. The van der Waals surface area contributed by atoms with Gasteiger partial charge in [0, 0.05) is 44.5 Å². The van der Waals surface area contributed by atoms with Crippen molar-refractivity contribution in [3.05, 3.63) is 28.7 Å². The summed E-state index contributed by atoms with van der Waals surface area (Å²) >= 11 is 1.51. The van der Waals surface area contributed by atoms with E-state index in [-0.39, 0.29) is 0 Å². The van der Waals surface area contributed by atoms with Crippen LogP contribution in [0.25, 0.3) is 0 Å². The molecular formula is C14H20N6S. The fourth-order valence-electron chi connectivity index (χ4n) is 2.49. The second-order valence-corrected chi connectivity index (χ2v) is 6.10. The molecule has 0 radical (unpaired) electrons. The monoisotopic (exact) mass is 304 g/mol. The van der Waals surface area contributed by atoms with Gasteiger partial charge in [0.1, 0.15) is 12.1 Å². The van der Waals surface area contributed by atoms with Crippen molar-refractivity contribution >= 4 is 17.4 Å². The van der Waals surface area contributed by atoms with Crippen molar-refractivity contribution in [3.63, 3.8) is 0 Å². The van der Waals surface area contributed by atoms with Crippen molar-refractivity contribution in [1.29, 1.82) is 0 Å². The van der Waals surface area contributed by atoms with Gasteiger partial charge < -0.3 is 4.90 Å². The maximum atomic E-state index is 4.40. The van der Waals surface area contributed by atoms with E-state index < -0.39 is 0 Å². The number of aromatic nitrogens is 4. The molecule has 0 amide bonds. The third-order valence-corrected chi connectivity index (χ3v) is 4.69. The van der Waals surface area contributed by atoms with Crippen LogP contribution in [-0.2, 0) is 13.0 Å². The Morgan fingerprint density at radius 1 is 1.19 bits per heavy atom. The van der Waals surface area contributed by atoms with Gasteiger partial charge in [0.15, 0.2) is 0 Å². The van der Waals surface area contributed by atoms with Crippen molar-refractivity contribution in [2.75, 3.05) is 31.1 Å². The zero-order valence-corrected chi connectivity index (χ0v) is 13.3. The largest absolute Gasteiger partial charge is 0.354 e. The molecule has 0 spiro atoms. The molecule has 0 aliphatic carbocycles. The Morgan fingerprint density at radius 2 is 2.00 bits per heavy atom. The third kappa shape index (κ3) is 3.36. The Balaban J connectivity index is 1.58. The minimum atomic E-state index is 0.952. The predicted molar refractivity (Wildman–Crippen MR) is 83.5 cm³/mol. The highest BCUT2D eigenvalue weighted by Crippen LogP contribution is 2.17. The van der Waals surface area contributed by atoms with Crippen LogP contribution in [0.15, 0.2) is 12.4 Å². The van der Waals surface area contributed by atoms with E-state index in [0.29, 0.717) is 0 Å². The fraction of sp³-hybridized carbons (Fsp3) is 0.571. The summed E-state index contributed by atoms with van der Waals surface area (Å²) in [5, 5.41) is 4.08. The highest BCUT2D eigenvalue weighted by Gasteiger charge is 2.19. The lowest BCUT2D eigenvalue weighted by atomic mass is 10.2. The van der Waals surface area contributed by atoms with Crippen LogP contribution in [0.3, 0.4) is 0 Å². The smallest absolute Gasteiger partial charge is 0.132 e.